The molecule has 1 fully saturated rings. The van der Waals surface area contributed by atoms with Crippen molar-refractivity contribution in [3.63, 3.8) is 0 Å². The van der Waals surface area contributed by atoms with Crippen LogP contribution in [0.3, 0.4) is 0 Å². The molecule has 10 nitrogen and oxygen atoms in total. The molecule has 1 saturated heterocycles. The Kier molecular flexibility index (Phi) is 8.20. The van der Waals surface area contributed by atoms with Gasteiger partial charge in [0.2, 0.25) is 0 Å². The van der Waals surface area contributed by atoms with Gasteiger partial charge < -0.3 is 25.0 Å². The van der Waals surface area contributed by atoms with Crippen LogP contribution in [0.5, 0.6) is 17.2 Å². The van der Waals surface area contributed by atoms with Crippen molar-refractivity contribution in [3.05, 3.63) is 101 Å². The number of nitrogens with one attached hydrogen (secondary N) is 2. The molecule has 3 aromatic carbocycles. The lowest BCUT2D eigenvalue weighted by Gasteiger charge is -2.30. The Morgan fingerprint density at radius 1 is 1.06 bits per heavy atom. The molecule has 2 aliphatic heterocycles. The Bertz CT molecular complexity index is 2050. The van der Waals surface area contributed by atoms with Crippen molar-refractivity contribution in [1.82, 2.24) is 15.2 Å². The molecule has 0 unspecified atom stereocenters. The number of aromatic nitrogens is 1. The molecule has 236 valence electrons. The van der Waals surface area contributed by atoms with E-state index in [-0.39, 0.29) is 24.6 Å². The number of likely N-dealkylation sites (tertiary alicyclic amines) is 1. The summed E-state index contributed by atoms with van der Waals surface area (Å²) < 4.78 is 12.1. The van der Waals surface area contributed by atoms with Gasteiger partial charge in [-0.3, -0.25) is 9.69 Å². The summed E-state index contributed by atoms with van der Waals surface area (Å²) in [4.78, 5) is 36.6. The van der Waals surface area contributed by atoms with Gasteiger partial charge in [-0.15, -0.1) is 11.3 Å². The van der Waals surface area contributed by atoms with Gasteiger partial charge in [0.05, 0.1) is 28.0 Å². The van der Waals surface area contributed by atoms with E-state index in [1.807, 2.05) is 61.5 Å². The highest BCUT2D eigenvalue weighted by Gasteiger charge is 2.34. The quantitative estimate of drug-likeness (QED) is 0.181. The largest absolute Gasteiger partial charge is 0.488 e. The van der Waals surface area contributed by atoms with E-state index < -0.39 is 0 Å². The number of ether oxygens (including phenoxy) is 2. The second kappa shape index (κ2) is 12.7. The molecule has 0 aliphatic carbocycles. The van der Waals surface area contributed by atoms with Crippen molar-refractivity contribution in [2.24, 2.45) is 0 Å². The average molecular weight is 645 g/mol. The van der Waals surface area contributed by atoms with Crippen LogP contribution in [0.2, 0.25) is 0 Å². The number of carbonyl (C=O) groups is 2. The summed E-state index contributed by atoms with van der Waals surface area (Å²) in [5.41, 5.74) is 4.07. The van der Waals surface area contributed by atoms with Crippen molar-refractivity contribution in [3.8, 4) is 23.3 Å². The average Bonchev–Trinajstić information content (AvgIpc) is 3.45. The first kappa shape index (κ1) is 30.2. The highest BCUT2D eigenvalue weighted by atomic mass is 32.1. The zero-order chi connectivity index (χ0) is 32.5. The Morgan fingerprint density at radius 3 is 2.68 bits per heavy atom. The number of piperidine rings is 1. The molecule has 5 aromatic rings. The minimum Gasteiger partial charge on any atom is -0.488 e. The van der Waals surface area contributed by atoms with Gasteiger partial charge in [0.25, 0.3) is 5.91 Å². The van der Waals surface area contributed by atoms with Crippen LogP contribution in [-0.4, -0.2) is 48.0 Å². The molecule has 0 bridgehead atoms. The first-order valence-corrected chi connectivity index (χ1v) is 16.2. The second-order valence-electron chi connectivity index (χ2n) is 11.7. The fourth-order valence-corrected chi connectivity index (χ4v) is 7.03. The molecule has 0 atom stereocenters. The maximum Gasteiger partial charge on any atom is 0.331 e. The Morgan fingerprint density at radius 2 is 1.87 bits per heavy atom. The molecule has 3 amide bonds. The summed E-state index contributed by atoms with van der Waals surface area (Å²) in [6.07, 6.45) is 3.46. The summed E-state index contributed by atoms with van der Waals surface area (Å²) >= 11 is 1.29. The van der Waals surface area contributed by atoms with Crippen LogP contribution in [0.4, 0.5) is 21.9 Å². The van der Waals surface area contributed by atoms with E-state index in [2.05, 4.69) is 33.6 Å². The number of hydrogen-bond donors (Lipinski definition) is 2. The van der Waals surface area contributed by atoms with E-state index in [1.165, 1.54) is 11.3 Å². The zero-order valence-electron chi connectivity index (χ0n) is 25.9. The molecule has 0 spiro atoms. The lowest BCUT2D eigenvalue weighted by molar-refractivity contribution is 0.0922. The SMILES string of the molecule is Cc1cc(Oc2cccc(COc3ccccc3C#N)c2)ccc1N1C(=O)Nc2c(C(=O)NC3CCN(C)CC3)sc3nccc1c23. The third-order valence-corrected chi connectivity index (χ3v) is 9.55. The molecule has 11 heteroatoms. The van der Waals surface area contributed by atoms with E-state index >= 15 is 0 Å². The number of para-hydroxylation sites is 1. The number of amides is 3. The van der Waals surface area contributed by atoms with E-state index in [0.717, 1.165) is 42.4 Å². The number of rotatable bonds is 8. The molecule has 2 aromatic heterocycles. The van der Waals surface area contributed by atoms with Crippen LogP contribution in [0.25, 0.3) is 10.2 Å². The van der Waals surface area contributed by atoms with Crippen LogP contribution in [0.15, 0.2) is 79.0 Å². The lowest BCUT2D eigenvalue weighted by atomic mass is 10.1. The van der Waals surface area contributed by atoms with Gasteiger partial charge in [-0.1, -0.05) is 24.3 Å². The van der Waals surface area contributed by atoms with Crippen LogP contribution in [-0.2, 0) is 6.61 Å². The number of hydrogen-bond acceptors (Lipinski definition) is 8. The third-order valence-electron chi connectivity index (χ3n) is 8.45. The summed E-state index contributed by atoms with van der Waals surface area (Å²) in [6.45, 7) is 4.08. The fourth-order valence-electron chi connectivity index (χ4n) is 6.01. The molecular weight excluding hydrogens is 613 g/mol. The highest BCUT2D eigenvalue weighted by Crippen LogP contribution is 2.46. The third kappa shape index (κ3) is 6.08. The molecule has 0 radical (unpaired) electrons. The number of urea groups is 1. The van der Waals surface area contributed by atoms with Gasteiger partial charge in [0.15, 0.2) is 0 Å². The minimum absolute atomic E-state index is 0.102. The fraction of sp³-hybridized carbons (Fsp3) is 0.222. The summed E-state index contributed by atoms with van der Waals surface area (Å²) in [5.74, 6) is 1.59. The number of pyridine rings is 1. The van der Waals surface area contributed by atoms with E-state index in [0.29, 0.717) is 49.6 Å². The van der Waals surface area contributed by atoms with E-state index in [1.54, 1.807) is 29.3 Å². The van der Waals surface area contributed by atoms with Gasteiger partial charge in [0, 0.05) is 12.2 Å². The monoisotopic (exact) mass is 644 g/mol. The summed E-state index contributed by atoms with van der Waals surface area (Å²) in [5, 5.41) is 16.2. The summed E-state index contributed by atoms with van der Waals surface area (Å²) in [7, 11) is 2.08. The second-order valence-corrected chi connectivity index (χ2v) is 12.7. The molecule has 2 aliphatic rings. The smallest absolute Gasteiger partial charge is 0.331 e. The number of aryl methyl sites for hydroxylation is 1. The Balaban J connectivity index is 1.10. The number of carbonyl (C=O) groups excluding carboxylic acids is 2. The highest BCUT2D eigenvalue weighted by molar-refractivity contribution is 7.21. The number of anilines is 3. The van der Waals surface area contributed by atoms with Crippen molar-refractivity contribution in [2.75, 3.05) is 30.4 Å². The molecule has 7 rings (SSSR count). The van der Waals surface area contributed by atoms with Crippen LogP contribution >= 0.6 is 11.3 Å². The van der Waals surface area contributed by atoms with Crippen molar-refractivity contribution >= 4 is 50.6 Å². The predicted molar refractivity (Wildman–Crippen MR) is 182 cm³/mol. The first-order valence-electron chi connectivity index (χ1n) is 15.4. The maximum atomic E-state index is 13.7. The molecule has 4 heterocycles. The standard InChI is InChI=1S/C36H32N6O4S/c1-22-18-27(46-26-8-5-6-23(19-26)21-45-30-9-4-3-7-24(30)20-37)10-11-28(22)42-29-12-15-38-35-31(29)32(40-36(42)44)33(47-35)34(43)39-25-13-16-41(2)17-14-25/h3-12,15,18-19,25H,13-14,16-17,21H2,1-2H3,(H,39,43)(H,40,44). The van der Waals surface area contributed by atoms with Gasteiger partial charge in [-0.25, -0.2) is 9.78 Å². The molecular formula is C36H32N6O4S. The van der Waals surface area contributed by atoms with Crippen molar-refractivity contribution in [2.45, 2.75) is 32.4 Å². The van der Waals surface area contributed by atoms with Gasteiger partial charge >= 0.3 is 6.03 Å². The number of thiophene rings is 1. The molecule has 0 saturated carbocycles. The first-order chi connectivity index (χ1) is 22.9. The van der Waals surface area contributed by atoms with E-state index in [9.17, 15) is 14.9 Å². The van der Waals surface area contributed by atoms with Crippen molar-refractivity contribution < 1.29 is 19.1 Å². The van der Waals surface area contributed by atoms with Gasteiger partial charge in [0.1, 0.15) is 39.6 Å². The predicted octanol–water partition coefficient (Wildman–Crippen LogP) is 7.36. The Labute approximate surface area is 276 Å². The number of nitriles is 1. The van der Waals surface area contributed by atoms with Crippen molar-refractivity contribution in [1.29, 1.82) is 5.26 Å². The zero-order valence-corrected chi connectivity index (χ0v) is 26.8. The van der Waals surface area contributed by atoms with Gasteiger partial charge in [-0.2, -0.15) is 5.26 Å². The van der Waals surface area contributed by atoms with Gasteiger partial charge in [-0.05, 0) is 99.6 Å². The topological polar surface area (TPSA) is 120 Å². The van der Waals surface area contributed by atoms with Crippen LogP contribution < -0.4 is 25.0 Å². The minimum atomic E-state index is -0.348. The number of benzene rings is 3. The van der Waals surface area contributed by atoms with Crippen LogP contribution in [0, 0.1) is 18.3 Å². The molecule has 47 heavy (non-hydrogen) atoms. The summed E-state index contributed by atoms with van der Waals surface area (Å²) in [6, 6.07) is 24.0. The Hall–Kier alpha value is -5.44. The normalized spacial score (nSPS) is 14.8. The lowest BCUT2D eigenvalue weighted by Crippen LogP contribution is -2.43. The van der Waals surface area contributed by atoms with Crippen LogP contribution in [0.1, 0.15) is 39.2 Å². The maximum absolute atomic E-state index is 13.7. The van der Waals surface area contributed by atoms with E-state index in [4.69, 9.17) is 9.47 Å². The number of nitrogens with zero attached hydrogens (tertiary/aromatic N) is 4. The molecule has 2 N–H and O–H groups in total.